The highest BCUT2D eigenvalue weighted by Gasteiger charge is 2.45. The van der Waals surface area contributed by atoms with E-state index < -0.39 is 46.9 Å². The van der Waals surface area contributed by atoms with Crippen molar-refractivity contribution < 1.29 is 42.3 Å². The third-order valence-corrected chi connectivity index (χ3v) is 11.6. The number of piperidine rings is 1. The summed E-state index contributed by atoms with van der Waals surface area (Å²) in [6.45, 7) is 4.74. The van der Waals surface area contributed by atoms with Gasteiger partial charge in [0.05, 0.1) is 22.5 Å². The molecule has 6 amide bonds. The summed E-state index contributed by atoms with van der Waals surface area (Å²) in [5.41, 5.74) is 3.14. The van der Waals surface area contributed by atoms with Crippen LogP contribution in [0.2, 0.25) is 0 Å². The standard InChI is InChI=1S/C45H44BrF2N9O8/c1-25-9-10-27(21-35(25)56-26(2)20-36(40(46)45(56)64)65-24-28-11-12-29(47)22-32(28)48)41(60)51-18-15-30-23-55(54-53-30)19-4-8-37(58)50-17-5-16-49-33-7-3-6-31-39(33)44(63)57(43(31)62)34-13-14-38(59)52-42(34)61/h3,6-7,9-12,20-23,34,49H,4-5,8,13-19,24H2,1-2H3,(H,50,58)(H,51,60)(H,52,59,61). The minimum Gasteiger partial charge on any atom is -0.487 e. The van der Waals surface area contributed by atoms with Crippen molar-refractivity contribution in [2.24, 2.45) is 0 Å². The molecule has 1 saturated heterocycles. The quantitative estimate of drug-likeness (QED) is 0.0712. The number of carbonyl (C=O) groups excluding carboxylic acids is 6. The molecule has 2 aliphatic heterocycles. The third kappa shape index (κ3) is 10.5. The Morgan fingerprint density at radius 1 is 0.938 bits per heavy atom. The molecule has 1 atom stereocenters. The second-order valence-corrected chi connectivity index (χ2v) is 16.3. The molecule has 5 aromatic rings. The minimum absolute atomic E-state index is 0.0314. The maximum atomic E-state index is 14.2. The molecule has 65 heavy (non-hydrogen) atoms. The van der Waals surface area contributed by atoms with Crippen LogP contribution in [0.3, 0.4) is 0 Å². The van der Waals surface area contributed by atoms with E-state index in [-0.39, 0.29) is 71.1 Å². The van der Waals surface area contributed by atoms with Crippen LogP contribution in [0.4, 0.5) is 14.5 Å². The number of aryl methyl sites for hydroxylation is 3. The van der Waals surface area contributed by atoms with Crippen LogP contribution in [0, 0.1) is 25.5 Å². The molecular formula is C45H44BrF2N9O8. The summed E-state index contributed by atoms with van der Waals surface area (Å²) < 4.78 is 36.4. The first-order valence-electron chi connectivity index (χ1n) is 20.8. The Kier molecular flexibility index (Phi) is 14.3. The van der Waals surface area contributed by atoms with Crippen molar-refractivity contribution >= 4 is 57.1 Å². The normalized spacial score (nSPS) is 14.6. The summed E-state index contributed by atoms with van der Waals surface area (Å²) in [6, 6.07) is 13.6. The molecule has 3 aromatic carbocycles. The van der Waals surface area contributed by atoms with Gasteiger partial charge in [-0.3, -0.25) is 53.0 Å². The number of nitrogens with one attached hydrogen (secondary N) is 4. The molecule has 0 spiro atoms. The number of pyridine rings is 1. The number of hydrogen-bond acceptors (Lipinski definition) is 11. The van der Waals surface area contributed by atoms with E-state index in [0.717, 1.165) is 22.6 Å². The Balaban J connectivity index is 0.821. The maximum Gasteiger partial charge on any atom is 0.273 e. The summed E-state index contributed by atoms with van der Waals surface area (Å²) in [7, 11) is 0. The highest BCUT2D eigenvalue weighted by atomic mass is 79.9. The van der Waals surface area contributed by atoms with Gasteiger partial charge in [-0.1, -0.05) is 17.3 Å². The van der Waals surface area contributed by atoms with Gasteiger partial charge in [-0.2, -0.15) is 0 Å². The molecular weight excluding hydrogens is 912 g/mol. The Labute approximate surface area is 379 Å². The summed E-state index contributed by atoms with van der Waals surface area (Å²) in [4.78, 5) is 90.5. The number of carbonyl (C=O) groups is 6. The Morgan fingerprint density at radius 2 is 1.75 bits per heavy atom. The van der Waals surface area contributed by atoms with E-state index in [0.29, 0.717) is 67.2 Å². The van der Waals surface area contributed by atoms with Crippen molar-refractivity contribution in [1.29, 1.82) is 0 Å². The molecule has 1 fully saturated rings. The smallest absolute Gasteiger partial charge is 0.273 e. The summed E-state index contributed by atoms with van der Waals surface area (Å²) in [5.74, 6) is -4.11. The third-order valence-electron chi connectivity index (χ3n) is 10.9. The molecule has 2 aliphatic rings. The summed E-state index contributed by atoms with van der Waals surface area (Å²) in [6.07, 6.45) is 3.51. The zero-order valence-corrected chi connectivity index (χ0v) is 36.9. The topological polar surface area (TPSA) is 216 Å². The first kappa shape index (κ1) is 45.9. The summed E-state index contributed by atoms with van der Waals surface area (Å²) >= 11 is 3.30. The van der Waals surface area contributed by atoms with Crippen LogP contribution in [0.15, 0.2) is 76.1 Å². The molecule has 4 heterocycles. The lowest BCUT2D eigenvalue weighted by molar-refractivity contribution is -0.136. The second kappa shape index (κ2) is 20.2. The first-order valence-corrected chi connectivity index (χ1v) is 21.6. The van der Waals surface area contributed by atoms with Crippen LogP contribution in [0.5, 0.6) is 5.75 Å². The van der Waals surface area contributed by atoms with E-state index in [1.54, 1.807) is 54.2 Å². The number of hydrogen-bond donors (Lipinski definition) is 4. The van der Waals surface area contributed by atoms with Crippen molar-refractivity contribution in [3.8, 4) is 11.4 Å². The molecule has 7 rings (SSSR count). The van der Waals surface area contributed by atoms with Crippen molar-refractivity contribution in [2.75, 3.05) is 25.0 Å². The van der Waals surface area contributed by atoms with Gasteiger partial charge < -0.3 is 20.7 Å². The fourth-order valence-electron chi connectivity index (χ4n) is 7.53. The Bertz CT molecular complexity index is 2780. The molecule has 2 aromatic heterocycles. The number of aromatic nitrogens is 4. The van der Waals surface area contributed by atoms with Gasteiger partial charge in [-0.25, -0.2) is 8.78 Å². The molecule has 17 nitrogen and oxygen atoms in total. The number of nitrogens with zero attached hydrogens (tertiary/aromatic N) is 5. The monoisotopic (exact) mass is 955 g/mol. The van der Waals surface area contributed by atoms with Crippen LogP contribution < -0.4 is 31.6 Å². The lowest BCUT2D eigenvalue weighted by atomic mass is 10.0. The largest absolute Gasteiger partial charge is 0.487 e. The van der Waals surface area contributed by atoms with Crippen LogP contribution in [0.25, 0.3) is 5.69 Å². The van der Waals surface area contributed by atoms with Gasteiger partial charge >= 0.3 is 0 Å². The predicted octanol–water partition coefficient (Wildman–Crippen LogP) is 4.44. The Hall–Kier alpha value is -7.09. The minimum atomic E-state index is -1.06. The van der Waals surface area contributed by atoms with E-state index in [4.69, 9.17) is 4.74 Å². The number of amides is 6. The van der Waals surface area contributed by atoms with Gasteiger partial charge in [0, 0.05) is 86.3 Å². The van der Waals surface area contributed by atoms with Crippen molar-refractivity contribution in [3.63, 3.8) is 0 Å². The van der Waals surface area contributed by atoms with Crippen LogP contribution in [0.1, 0.15) is 85.7 Å². The number of rotatable bonds is 18. The van der Waals surface area contributed by atoms with E-state index >= 15 is 0 Å². The first-order chi connectivity index (χ1) is 31.2. The zero-order chi connectivity index (χ0) is 46.4. The SMILES string of the molecule is Cc1ccc(C(=O)NCCc2cn(CCCC(=O)NCCCNc3cccc4c3C(=O)N(C3CCC(=O)NC3=O)C4=O)nn2)cc1-n1c(C)cc(OCc2ccc(F)cc2F)c(Br)c1=O. The average Bonchev–Trinajstić information content (AvgIpc) is 3.83. The average molecular weight is 957 g/mol. The van der Waals surface area contributed by atoms with E-state index in [2.05, 4.69) is 47.5 Å². The zero-order valence-electron chi connectivity index (χ0n) is 35.3. The molecule has 0 bridgehead atoms. The molecule has 20 heteroatoms. The van der Waals surface area contributed by atoms with Gasteiger partial charge in [0.15, 0.2) is 0 Å². The highest BCUT2D eigenvalue weighted by molar-refractivity contribution is 9.10. The second-order valence-electron chi connectivity index (χ2n) is 15.5. The fourth-order valence-corrected chi connectivity index (χ4v) is 7.94. The van der Waals surface area contributed by atoms with Crippen molar-refractivity contribution in [1.82, 2.24) is 40.4 Å². The Morgan fingerprint density at radius 3 is 2.54 bits per heavy atom. The number of benzene rings is 3. The van der Waals surface area contributed by atoms with E-state index in [9.17, 15) is 42.3 Å². The van der Waals surface area contributed by atoms with Crippen molar-refractivity contribution in [3.05, 3.63) is 133 Å². The van der Waals surface area contributed by atoms with Gasteiger partial charge in [0.2, 0.25) is 17.7 Å². The summed E-state index contributed by atoms with van der Waals surface area (Å²) in [5, 5.41) is 19.4. The number of imide groups is 2. The number of anilines is 1. The van der Waals surface area contributed by atoms with Crippen LogP contribution in [-0.4, -0.2) is 85.6 Å². The van der Waals surface area contributed by atoms with Crippen LogP contribution >= 0.6 is 15.9 Å². The number of fused-ring (bicyclic) bond motifs is 1. The highest BCUT2D eigenvalue weighted by Crippen LogP contribution is 2.32. The lowest BCUT2D eigenvalue weighted by Gasteiger charge is -2.27. The molecule has 0 aliphatic carbocycles. The molecule has 338 valence electrons. The molecule has 1 unspecified atom stereocenters. The molecule has 0 radical (unpaired) electrons. The van der Waals surface area contributed by atoms with E-state index in [1.807, 2.05) is 6.92 Å². The fraction of sp³-hybridized carbons (Fsp3) is 0.311. The lowest BCUT2D eigenvalue weighted by Crippen LogP contribution is -2.54. The maximum absolute atomic E-state index is 14.2. The van der Waals surface area contributed by atoms with Gasteiger partial charge in [0.25, 0.3) is 23.3 Å². The van der Waals surface area contributed by atoms with Gasteiger partial charge in [-0.15, -0.1) is 5.10 Å². The molecule has 0 saturated carbocycles. The van der Waals surface area contributed by atoms with Crippen LogP contribution in [-0.2, 0) is 34.0 Å². The number of ether oxygens (including phenoxy) is 1. The molecule has 4 N–H and O–H groups in total. The van der Waals surface area contributed by atoms with E-state index in [1.165, 1.54) is 16.7 Å². The van der Waals surface area contributed by atoms with Crippen molar-refractivity contribution in [2.45, 2.75) is 71.6 Å². The number of halogens is 3. The van der Waals surface area contributed by atoms with Gasteiger partial charge in [-0.05, 0) is 91.0 Å². The van der Waals surface area contributed by atoms with Gasteiger partial charge in [0.1, 0.15) is 34.5 Å². The predicted molar refractivity (Wildman–Crippen MR) is 234 cm³/mol.